The summed E-state index contributed by atoms with van der Waals surface area (Å²) >= 11 is 0. The number of epoxide rings is 2. The van der Waals surface area contributed by atoms with Crippen molar-refractivity contribution in [1.82, 2.24) is 0 Å². The number of carboxylic acids is 2. The Morgan fingerprint density at radius 1 is 0.861 bits per heavy atom. The molecule has 200 valence electrons. The Morgan fingerprint density at radius 3 is 1.89 bits per heavy atom. The molecule has 0 aromatic heterocycles. The van der Waals surface area contributed by atoms with Gasteiger partial charge in [-0.1, -0.05) is 7.43 Å². The molecule has 12 unspecified atom stereocenters. The van der Waals surface area contributed by atoms with Gasteiger partial charge in [0.05, 0.1) is 12.5 Å². The lowest BCUT2D eigenvalue weighted by molar-refractivity contribution is -0.156. The zero-order valence-corrected chi connectivity index (χ0v) is 19.4. The highest BCUT2D eigenvalue weighted by molar-refractivity contribution is 5.84. The number of ether oxygens (including phenoxy) is 6. The Bertz CT molecular complexity index is 998. The van der Waals surface area contributed by atoms with Crippen molar-refractivity contribution in [2.45, 2.75) is 82.9 Å². The highest BCUT2D eigenvalue weighted by Crippen LogP contribution is 2.62. The van der Waals surface area contributed by atoms with Crippen molar-refractivity contribution in [2.75, 3.05) is 6.61 Å². The van der Waals surface area contributed by atoms with Crippen LogP contribution in [0.4, 0.5) is 0 Å². The molecule has 0 radical (unpaired) electrons. The van der Waals surface area contributed by atoms with Gasteiger partial charge in [0.15, 0.2) is 0 Å². The van der Waals surface area contributed by atoms with Gasteiger partial charge < -0.3 is 38.6 Å². The van der Waals surface area contributed by atoms with Crippen LogP contribution in [0.25, 0.3) is 0 Å². The summed E-state index contributed by atoms with van der Waals surface area (Å²) in [6, 6.07) is 0. The van der Waals surface area contributed by atoms with Gasteiger partial charge in [0.1, 0.15) is 59.7 Å². The van der Waals surface area contributed by atoms with E-state index >= 15 is 0 Å². The van der Waals surface area contributed by atoms with Crippen molar-refractivity contribution in [3.8, 4) is 0 Å². The normalized spacial score (nSPS) is 48.4. The molecule has 13 nitrogen and oxygen atoms in total. The number of fused-ring (bicyclic) bond motifs is 13. The van der Waals surface area contributed by atoms with E-state index in [2.05, 4.69) is 4.74 Å². The molecule has 0 amide bonds. The van der Waals surface area contributed by atoms with Crippen molar-refractivity contribution >= 4 is 29.8 Å². The number of carbonyl (C=O) groups is 5. The zero-order valence-electron chi connectivity index (χ0n) is 19.4. The second kappa shape index (κ2) is 8.47. The molecule has 4 bridgehead atoms. The van der Waals surface area contributed by atoms with E-state index in [4.69, 9.17) is 33.9 Å². The molecule has 7 heterocycles. The van der Waals surface area contributed by atoms with Crippen LogP contribution in [0.15, 0.2) is 0 Å². The summed E-state index contributed by atoms with van der Waals surface area (Å²) in [5, 5.41) is 18.1. The van der Waals surface area contributed by atoms with Crippen molar-refractivity contribution < 1.29 is 62.6 Å². The van der Waals surface area contributed by atoms with Crippen LogP contribution >= 0.6 is 0 Å². The zero-order chi connectivity index (χ0) is 25.6. The van der Waals surface area contributed by atoms with Gasteiger partial charge in [-0.3, -0.25) is 24.0 Å². The van der Waals surface area contributed by atoms with E-state index in [1.807, 2.05) is 6.92 Å². The maximum atomic E-state index is 11.4. The molecular formula is C23H30O13. The van der Waals surface area contributed by atoms with E-state index in [-0.39, 0.29) is 61.4 Å². The molecule has 2 N–H and O–H groups in total. The van der Waals surface area contributed by atoms with Gasteiger partial charge in [-0.15, -0.1) is 0 Å². The molecule has 7 aliphatic heterocycles. The maximum Gasteiger partial charge on any atom is 0.312 e. The molecule has 7 rings (SSSR count). The van der Waals surface area contributed by atoms with E-state index in [0.29, 0.717) is 6.61 Å². The first-order chi connectivity index (χ1) is 16.3. The summed E-state index contributed by atoms with van der Waals surface area (Å²) < 4.78 is 31.1. The molecule has 7 fully saturated rings. The molecular weight excluding hydrogens is 484 g/mol. The van der Waals surface area contributed by atoms with Crippen molar-refractivity contribution in [1.29, 1.82) is 0 Å². The highest BCUT2D eigenvalue weighted by Gasteiger charge is 2.79. The predicted octanol–water partition coefficient (Wildman–Crippen LogP) is -0.227. The number of rotatable bonds is 2. The number of esters is 3. The first-order valence-corrected chi connectivity index (χ1v) is 11.3. The molecule has 0 spiro atoms. The summed E-state index contributed by atoms with van der Waals surface area (Å²) in [6.07, 6.45) is -0.662. The lowest BCUT2D eigenvalue weighted by Gasteiger charge is -2.26. The minimum absolute atomic E-state index is 0. The number of hydrogen-bond acceptors (Lipinski definition) is 11. The second-order valence-electron chi connectivity index (χ2n) is 10.1. The predicted molar refractivity (Wildman–Crippen MR) is 113 cm³/mol. The fraction of sp³-hybridized carbons (Fsp3) is 0.783. The summed E-state index contributed by atoms with van der Waals surface area (Å²) in [5.74, 6) is -5.28. The van der Waals surface area contributed by atoms with Gasteiger partial charge in [0, 0.05) is 19.8 Å². The molecule has 0 aliphatic carbocycles. The van der Waals surface area contributed by atoms with Crippen LogP contribution in [0.5, 0.6) is 0 Å². The van der Waals surface area contributed by atoms with Gasteiger partial charge in [-0.2, -0.15) is 0 Å². The average Bonchev–Trinajstić information content (AvgIpc) is 3.57. The maximum absolute atomic E-state index is 11.4. The molecule has 0 saturated carbocycles. The molecule has 12 atom stereocenters. The number of aliphatic carboxylic acids is 2. The second-order valence-corrected chi connectivity index (χ2v) is 10.1. The Hall–Kier alpha value is -2.61. The largest absolute Gasteiger partial charge is 0.481 e. The van der Waals surface area contributed by atoms with Gasteiger partial charge in [0.25, 0.3) is 0 Å². The first kappa shape index (κ1) is 26.5. The number of carboxylic acid groups (broad SMARTS) is 2. The fourth-order valence-electron chi connectivity index (χ4n) is 6.48. The standard InChI is InChI=1S/C9H10O6.C9H10O4.C4H6O3.CH4/c1-9-3(8(12)13)2(7(10)11)4(15-9)5-6(9)14-5;1-9-3-2-11-8(10)4(3)5(13-9)6-7(9)12-6;1-3(5)7-4(2)6;/h2-6H,1H3,(H,10,11)(H,12,13);3-7H,2H2,1H3;1-2H3;1H4. The Morgan fingerprint density at radius 2 is 1.39 bits per heavy atom. The minimum atomic E-state index is -1.12. The quantitative estimate of drug-likeness (QED) is 0.280. The lowest BCUT2D eigenvalue weighted by atomic mass is 9.72. The van der Waals surface area contributed by atoms with Crippen LogP contribution in [0.2, 0.25) is 0 Å². The van der Waals surface area contributed by atoms with Gasteiger partial charge in [-0.05, 0) is 13.8 Å². The Labute approximate surface area is 206 Å². The Kier molecular flexibility index (Phi) is 6.22. The van der Waals surface area contributed by atoms with Crippen LogP contribution in [-0.2, 0) is 52.4 Å². The van der Waals surface area contributed by atoms with Crippen molar-refractivity contribution in [2.24, 2.45) is 23.7 Å². The SMILES string of the molecule is C.CC(=O)OC(C)=O.CC12OC(C3OC31)C(C(=O)O)C2C(=O)O.CC12OC(C3OC31)C1C(=O)OCC12. The first-order valence-electron chi connectivity index (χ1n) is 11.3. The average molecular weight is 514 g/mol. The Balaban J connectivity index is 0.000000134. The third kappa shape index (κ3) is 3.71. The summed E-state index contributed by atoms with van der Waals surface area (Å²) in [4.78, 5) is 53.1. The van der Waals surface area contributed by atoms with Crippen LogP contribution in [0.3, 0.4) is 0 Å². The molecule has 0 aromatic rings. The molecule has 7 saturated heterocycles. The summed E-state index contributed by atoms with van der Waals surface area (Å²) in [5.41, 5.74) is -1.21. The smallest absolute Gasteiger partial charge is 0.312 e. The van der Waals surface area contributed by atoms with Gasteiger partial charge in [0.2, 0.25) is 0 Å². The number of carbonyl (C=O) groups excluding carboxylic acids is 3. The van der Waals surface area contributed by atoms with E-state index in [9.17, 15) is 24.0 Å². The molecule has 36 heavy (non-hydrogen) atoms. The highest BCUT2D eigenvalue weighted by atomic mass is 16.7. The summed E-state index contributed by atoms with van der Waals surface area (Å²) in [6.45, 7) is 6.55. The topological polar surface area (TPSA) is 188 Å². The minimum Gasteiger partial charge on any atom is -0.481 e. The number of hydrogen-bond donors (Lipinski definition) is 2. The van der Waals surface area contributed by atoms with Crippen LogP contribution in [0.1, 0.15) is 35.1 Å². The molecule has 13 heteroatoms. The third-order valence-electron chi connectivity index (χ3n) is 7.98. The molecule has 7 aliphatic rings. The van der Waals surface area contributed by atoms with Crippen LogP contribution in [0, 0.1) is 23.7 Å². The third-order valence-corrected chi connectivity index (χ3v) is 7.98. The van der Waals surface area contributed by atoms with E-state index in [1.165, 1.54) is 13.8 Å². The van der Waals surface area contributed by atoms with E-state index in [0.717, 1.165) is 0 Å². The van der Waals surface area contributed by atoms with Crippen LogP contribution < -0.4 is 0 Å². The fourth-order valence-corrected chi connectivity index (χ4v) is 6.48. The lowest BCUT2D eigenvalue weighted by Crippen LogP contribution is -2.47. The monoisotopic (exact) mass is 514 g/mol. The molecule has 0 aromatic carbocycles. The van der Waals surface area contributed by atoms with Gasteiger partial charge >= 0.3 is 29.8 Å². The van der Waals surface area contributed by atoms with E-state index in [1.54, 1.807) is 6.92 Å². The number of cyclic esters (lactones) is 1. The van der Waals surface area contributed by atoms with Crippen molar-refractivity contribution in [3.05, 3.63) is 0 Å². The summed E-state index contributed by atoms with van der Waals surface area (Å²) in [7, 11) is 0. The van der Waals surface area contributed by atoms with Gasteiger partial charge in [-0.25, -0.2) is 0 Å². The van der Waals surface area contributed by atoms with Crippen LogP contribution in [-0.4, -0.2) is 94.5 Å². The van der Waals surface area contributed by atoms with Crippen molar-refractivity contribution in [3.63, 3.8) is 0 Å². The van der Waals surface area contributed by atoms with E-state index < -0.39 is 47.4 Å².